The normalized spacial score (nSPS) is 10.9. The molecule has 5 aromatic rings. The minimum Gasteiger partial charge on any atom is -0.478 e. The molecule has 4 N–H and O–H groups in total. The number of carboxylic acids is 1. The van der Waals surface area contributed by atoms with Crippen molar-refractivity contribution < 1.29 is 14.3 Å². The molecule has 5 rings (SSSR count). The monoisotopic (exact) mass is 503 g/mol. The number of fused-ring (bicyclic) bond motifs is 1. The summed E-state index contributed by atoms with van der Waals surface area (Å²) in [6, 6.07) is 13.5. The van der Waals surface area contributed by atoms with Gasteiger partial charge in [0.25, 0.3) is 0 Å². The van der Waals surface area contributed by atoms with E-state index in [0.717, 1.165) is 16.9 Å². The van der Waals surface area contributed by atoms with Gasteiger partial charge in [0.2, 0.25) is 5.95 Å². The molecule has 2 aromatic carbocycles. The van der Waals surface area contributed by atoms with Crippen molar-refractivity contribution in [2.45, 2.75) is 6.42 Å². The maximum absolute atomic E-state index is 13.5. The SMILES string of the molecule is O=C(O)c1cncc(-c2cnc(Nc3ccc(F)c(Cl)c3)nc2NCCc2nc3ccccc3[nH]2)c1. The van der Waals surface area contributed by atoms with Crippen LogP contribution in [0.2, 0.25) is 5.02 Å². The van der Waals surface area contributed by atoms with Gasteiger partial charge in [0.15, 0.2) is 0 Å². The third-order valence-corrected chi connectivity index (χ3v) is 5.64. The van der Waals surface area contributed by atoms with Crippen molar-refractivity contribution in [2.75, 3.05) is 17.2 Å². The number of benzene rings is 2. The van der Waals surface area contributed by atoms with Crippen LogP contribution in [-0.2, 0) is 6.42 Å². The number of rotatable bonds is 8. The number of nitrogens with zero attached hydrogens (tertiary/aromatic N) is 4. The molecule has 0 atom stereocenters. The Kier molecular flexibility index (Phi) is 6.42. The smallest absolute Gasteiger partial charge is 0.337 e. The maximum Gasteiger partial charge on any atom is 0.337 e. The van der Waals surface area contributed by atoms with Crippen LogP contribution in [0.3, 0.4) is 0 Å². The van der Waals surface area contributed by atoms with Crippen LogP contribution in [0.25, 0.3) is 22.2 Å². The lowest BCUT2D eigenvalue weighted by Gasteiger charge is -2.13. The van der Waals surface area contributed by atoms with Gasteiger partial charge < -0.3 is 20.7 Å². The third kappa shape index (κ3) is 5.08. The van der Waals surface area contributed by atoms with Crippen LogP contribution in [0.15, 0.2) is 67.1 Å². The van der Waals surface area contributed by atoms with E-state index >= 15 is 0 Å². The number of hydrogen-bond acceptors (Lipinski definition) is 7. The van der Waals surface area contributed by atoms with Crippen molar-refractivity contribution in [3.8, 4) is 11.1 Å². The highest BCUT2D eigenvalue weighted by Gasteiger charge is 2.14. The largest absolute Gasteiger partial charge is 0.478 e. The van der Waals surface area contributed by atoms with Gasteiger partial charge in [0, 0.05) is 48.4 Å². The van der Waals surface area contributed by atoms with E-state index < -0.39 is 11.8 Å². The van der Waals surface area contributed by atoms with Crippen LogP contribution in [0, 0.1) is 5.82 Å². The van der Waals surface area contributed by atoms with Crippen molar-refractivity contribution in [1.29, 1.82) is 0 Å². The number of para-hydroxylation sites is 2. The van der Waals surface area contributed by atoms with Crippen molar-refractivity contribution in [3.63, 3.8) is 0 Å². The summed E-state index contributed by atoms with van der Waals surface area (Å²) in [6.07, 6.45) is 4.96. The average molecular weight is 504 g/mol. The highest BCUT2D eigenvalue weighted by Crippen LogP contribution is 2.28. The molecule has 0 bridgehead atoms. The Morgan fingerprint density at radius 3 is 2.75 bits per heavy atom. The van der Waals surface area contributed by atoms with E-state index in [4.69, 9.17) is 11.6 Å². The quantitative estimate of drug-likeness (QED) is 0.224. The number of carboxylic acid groups (broad SMARTS) is 1. The van der Waals surface area contributed by atoms with E-state index in [1.54, 1.807) is 12.4 Å². The highest BCUT2D eigenvalue weighted by atomic mass is 35.5. The predicted octanol–water partition coefficient (Wildman–Crippen LogP) is 5.30. The first-order valence-corrected chi connectivity index (χ1v) is 11.3. The summed E-state index contributed by atoms with van der Waals surface area (Å²) >= 11 is 5.88. The third-order valence-electron chi connectivity index (χ3n) is 5.35. The molecule has 3 heterocycles. The van der Waals surface area contributed by atoms with Crippen molar-refractivity contribution in [3.05, 3.63) is 89.3 Å². The van der Waals surface area contributed by atoms with E-state index in [-0.39, 0.29) is 16.5 Å². The zero-order valence-corrected chi connectivity index (χ0v) is 19.4. The second-order valence-corrected chi connectivity index (χ2v) is 8.26. The van der Waals surface area contributed by atoms with E-state index in [2.05, 4.69) is 35.6 Å². The molecular formula is C25H19ClFN7O2. The number of aromatic nitrogens is 5. The molecule has 36 heavy (non-hydrogen) atoms. The number of pyridine rings is 1. The number of aromatic carboxylic acids is 1. The fourth-order valence-corrected chi connectivity index (χ4v) is 3.80. The number of hydrogen-bond donors (Lipinski definition) is 4. The maximum atomic E-state index is 13.5. The Morgan fingerprint density at radius 2 is 1.94 bits per heavy atom. The summed E-state index contributed by atoms with van der Waals surface area (Å²) in [4.78, 5) is 32.3. The summed E-state index contributed by atoms with van der Waals surface area (Å²) in [6.45, 7) is 0.484. The molecule has 3 aromatic heterocycles. The minimum atomic E-state index is -1.09. The number of nitrogens with one attached hydrogen (secondary N) is 3. The molecule has 0 aliphatic heterocycles. The van der Waals surface area contributed by atoms with E-state index in [9.17, 15) is 14.3 Å². The molecule has 0 unspecified atom stereocenters. The lowest BCUT2D eigenvalue weighted by Crippen LogP contribution is -2.10. The second kappa shape index (κ2) is 9.96. The van der Waals surface area contributed by atoms with Crippen LogP contribution in [-0.4, -0.2) is 42.5 Å². The molecule has 0 amide bonds. The molecule has 0 spiro atoms. The molecule has 0 aliphatic carbocycles. The van der Waals surface area contributed by atoms with Gasteiger partial charge in [-0.05, 0) is 36.4 Å². The van der Waals surface area contributed by atoms with E-state index in [1.165, 1.54) is 30.5 Å². The molecule has 0 aliphatic rings. The van der Waals surface area contributed by atoms with Crippen molar-refractivity contribution >= 4 is 46.1 Å². The molecule has 0 saturated heterocycles. The zero-order valence-electron chi connectivity index (χ0n) is 18.7. The number of imidazole rings is 1. The molecule has 11 heteroatoms. The molecule has 9 nitrogen and oxygen atoms in total. The number of anilines is 3. The van der Waals surface area contributed by atoms with E-state index in [1.807, 2.05) is 24.3 Å². The zero-order chi connectivity index (χ0) is 25.1. The molecule has 180 valence electrons. The summed E-state index contributed by atoms with van der Waals surface area (Å²) in [5.74, 6) is -0.0994. The number of carbonyl (C=O) groups is 1. The van der Waals surface area contributed by atoms with Gasteiger partial charge in [-0.25, -0.2) is 19.2 Å². The first-order chi connectivity index (χ1) is 17.5. The van der Waals surface area contributed by atoms with Gasteiger partial charge in [-0.15, -0.1) is 0 Å². The molecule has 0 saturated carbocycles. The van der Waals surface area contributed by atoms with Gasteiger partial charge in [-0.2, -0.15) is 4.98 Å². The fraction of sp³-hybridized carbons (Fsp3) is 0.0800. The minimum absolute atomic E-state index is 0.0302. The van der Waals surface area contributed by atoms with Crippen LogP contribution >= 0.6 is 11.6 Å². The molecule has 0 radical (unpaired) electrons. The summed E-state index contributed by atoms with van der Waals surface area (Å²) < 4.78 is 13.5. The van der Waals surface area contributed by atoms with Gasteiger partial charge >= 0.3 is 5.97 Å². The Balaban J connectivity index is 1.42. The Morgan fingerprint density at radius 1 is 1.08 bits per heavy atom. The van der Waals surface area contributed by atoms with Crippen molar-refractivity contribution in [1.82, 2.24) is 24.9 Å². The second-order valence-electron chi connectivity index (χ2n) is 7.85. The molecule has 0 fully saturated rings. The molecular weight excluding hydrogens is 485 g/mol. The number of halogens is 2. The van der Waals surface area contributed by atoms with E-state index in [0.29, 0.717) is 35.6 Å². The van der Waals surface area contributed by atoms with Crippen LogP contribution in [0.4, 0.5) is 21.8 Å². The summed E-state index contributed by atoms with van der Waals surface area (Å²) in [5, 5.41) is 15.6. The lowest BCUT2D eigenvalue weighted by atomic mass is 10.1. The van der Waals surface area contributed by atoms with Gasteiger partial charge in [-0.3, -0.25) is 4.98 Å². The van der Waals surface area contributed by atoms with Gasteiger partial charge in [0.05, 0.1) is 21.6 Å². The van der Waals surface area contributed by atoms with Gasteiger partial charge in [-0.1, -0.05) is 23.7 Å². The predicted molar refractivity (Wildman–Crippen MR) is 135 cm³/mol. The van der Waals surface area contributed by atoms with Crippen molar-refractivity contribution in [2.24, 2.45) is 0 Å². The Labute approximate surface area is 209 Å². The first-order valence-electron chi connectivity index (χ1n) is 10.9. The fourth-order valence-electron chi connectivity index (χ4n) is 3.62. The van der Waals surface area contributed by atoms with Gasteiger partial charge in [0.1, 0.15) is 17.5 Å². The van der Waals surface area contributed by atoms with Crippen LogP contribution in [0.1, 0.15) is 16.2 Å². The van der Waals surface area contributed by atoms with Crippen LogP contribution < -0.4 is 10.6 Å². The summed E-state index contributed by atoms with van der Waals surface area (Å²) in [7, 11) is 0. The highest BCUT2D eigenvalue weighted by molar-refractivity contribution is 6.31. The Bertz CT molecular complexity index is 1540. The Hall–Kier alpha value is -4.57. The number of H-pyrrole nitrogens is 1. The first kappa shape index (κ1) is 23.2. The lowest BCUT2D eigenvalue weighted by molar-refractivity contribution is 0.0696. The topological polar surface area (TPSA) is 129 Å². The average Bonchev–Trinajstić information content (AvgIpc) is 3.29. The standard InChI is InChI=1S/C25H19ClFN7O2/c26-18-10-16(5-6-19(18)27)31-25-30-13-17(14-9-15(24(35)36)12-28-11-14)23(34-25)29-8-7-22-32-20-3-1-2-4-21(20)33-22/h1-6,9-13H,7-8H2,(H,32,33)(H,35,36)(H2,29,30,31,34). The van der Waals surface area contributed by atoms with Crippen LogP contribution in [0.5, 0.6) is 0 Å². The number of aromatic amines is 1. The summed E-state index contributed by atoms with van der Waals surface area (Å²) in [5.41, 5.74) is 3.50.